The average Bonchev–Trinajstić information content (AvgIpc) is 2.31. The summed E-state index contributed by atoms with van der Waals surface area (Å²) in [5.41, 5.74) is 1.24. The molecule has 0 radical (unpaired) electrons. The van der Waals surface area contributed by atoms with Crippen LogP contribution < -0.4 is 4.46 Å². The molecular formula is C14H11BrSe. The summed E-state index contributed by atoms with van der Waals surface area (Å²) in [7, 11) is 0. The van der Waals surface area contributed by atoms with Crippen LogP contribution in [0.3, 0.4) is 0 Å². The van der Waals surface area contributed by atoms with E-state index in [2.05, 4.69) is 70.5 Å². The van der Waals surface area contributed by atoms with Crippen LogP contribution in [0.15, 0.2) is 64.0 Å². The zero-order valence-corrected chi connectivity index (χ0v) is 11.9. The molecule has 80 valence electrons. The van der Waals surface area contributed by atoms with Crippen molar-refractivity contribution in [2.75, 3.05) is 0 Å². The van der Waals surface area contributed by atoms with Crippen LogP contribution >= 0.6 is 15.9 Å². The molecule has 2 aromatic rings. The fourth-order valence-electron chi connectivity index (χ4n) is 1.31. The van der Waals surface area contributed by atoms with Crippen molar-refractivity contribution in [1.82, 2.24) is 0 Å². The summed E-state index contributed by atoms with van der Waals surface area (Å²) in [4.78, 5) is 0. The second-order valence-corrected chi connectivity index (χ2v) is 7.65. The first kappa shape index (κ1) is 11.7. The van der Waals surface area contributed by atoms with Gasteiger partial charge in [-0.3, -0.25) is 0 Å². The third-order valence-electron chi connectivity index (χ3n) is 2.04. The molecular weight excluding hydrogens is 327 g/mol. The molecule has 0 aliphatic rings. The van der Waals surface area contributed by atoms with Crippen LogP contribution in [-0.4, -0.2) is 15.0 Å². The van der Waals surface area contributed by atoms with E-state index in [-0.39, 0.29) is 0 Å². The molecule has 0 N–H and O–H groups in total. The van der Waals surface area contributed by atoms with Crippen molar-refractivity contribution >= 4 is 41.4 Å². The van der Waals surface area contributed by atoms with Crippen molar-refractivity contribution in [2.24, 2.45) is 0 Å². The fourth-order valence-corrected chi connectivity index (χ4v) is 4.04. The van der Waals surface area contributed by atoms with Crippen molar-refractivity contribution in [2.45, 2.75) is 0 Å². The van der Waals surface area contributed by atoms with E-state index in [0.29, 0.717) is 15.0 Å². The van der Waals surface area contributed by atoms with Gasteiger partial charge in [-0.1, -0.05) is 0 Å². The van der Waals surface area contributed by atoms with Gasteiger partial charge in [0.05, 0.1) is 0 Å². The molecule has 0 saturated carbocycles. The van der Waals surface area contributed by atoms with Crippen molar-refractivity contribution < 1.29 is 0 Å². The molecule has 0 amide bonds. The fraction of sp³-hybridized carbons (Fsp3) is 0. The van der Waals surface area contributed by atoms with Gasteiger partial charge in [-0.15, -0.1) is 0 Å². The molecule has 0 spiro atoms. The van der Waals surface area contributed by atoms with Crippen LogP contribution in [0.4, 0.5) is 0 Å². The van der Waals surface area contributed by atoms with E-state index in [9.17, 15) is 0 Å². The third-order valence-corrected chi connectivity index (χ3v) is 4.83. The molecule has 2 rings (SSSR count). The zero-order chi connectivity index (χ0) is 11.2. The van der Waals surface area contributed by atoms with E-state index in [1.54, 1.807) is 0 Å². The monoisotopic (exact) mass is 338 g/mol. The summed E-state index contributed by atoms with van der Waals surface area (Å²) in [6.45, 7) is 0. The second kappa shape index (κ2) is 6.05. The van der Waals surface area contributed by atoms with E-state index < -0.39 is 0 Å². The molecule has 0 atom stereocenters. The van der Waals surface area contributed by atoms with Crippen LogP contribution in [-0.2, 0) is 0 Å². The number of hydrogen-bond acceptors (Lipinski definition) is 0. The Morgan fingerprint density at radius 2 is 1.44 bits per heavy atom. The number of rotatable bonds is 3. The van der Waals surface area contributed by atoms with E-state index in [1.807, 2.05) is 12.1 Å². The van der Waals surface area contributed by atoms with E-state index in [1.165, 1.54) is 13.4 Å². The second-order valence-electron chi connectivity index (χ2n) is 3.27. The quantitative estimate of drug-likeness (QED) is 0.753. The first-order valence-electron chi connectivity index (χ1n) is 5.00. The molecule has 0 unspecified atom stereocenters. The normalized spacial score (nSPS) is 11.4. The van der Waals surface area contributed by atoms with Gasteiger partial charge in [0.2, 0.25) is 0 Å². The van der Waals surface area contributed by atoms with Crippen LogP contribution in [0.5, 0.6) is 0 Å². The van der Waals surface area contributed by atoms with Crippen LogP contribution in [0, 0.1) is 0 Å². The van der Waals surface area contributed by atoms with Gasteiger partial charge in [-0.05, 0) is 0 Å². The Hall–Kier alpha value is -0.821. The van der Waals surface area contributed by atoms with Crippen molar-refractivity contribution in [3.05, 3.63) is 69.6 Å². The molecule has 0 aromatic heterocycles. The topological polar surface area (TPSA) is 0 Å². The van der Waals surface area contributed by atoms with Gasteiger partial charge in [0.15, 0.2) is 0 Å². The number of benzene rings is 2. The molecule has 0 fully saturated rings. The van der Waals surface area contributed by atoms with Crippen molar-refractivity contribution in [3.63, 3.8) is 0 Å². The Kier molecular flexibility index (Phi) is 4.41. The molecule has 0 bridgehead atoms. The number of halogens is 1. The van der Waals surface area contributed by atoms with Gasteiger partial charge >= 0.3 is 111 Å². The SMILES string of the molecule is Br/C(=C/c1ccccc1)[Se]c1ccccc1. The molecule has 2 heteroatoms. The summed E-state index contributed by atoms with van der Waals surface area (Å²) in [5, 5.41) is 0. The van der Waals surface area contributed by atoms with Gasteiger partial charge in [0.1, 0.15) is 0 Å². The average molecular weight is 338 g/mol. The Bertz CT molecular complexity index is 463. The minimum atomic E-state index is 0.358. The summed E-state index contributed by atoms with van der Waals surface area (Å²) >= 11 is 4.00. The first-order valence-corrected chi connectivity index (χ1v) is 7.50. The van der Waals surface area contributed by atoms with Gasteiger partial charge < -0.3 is 0 Å². The molecule has 0 aliphatic carbocycles. The summed E-state index contributed by atoms with van der Waals surface area (Å²) in [6, 6.07) is 20.9. The molecule has 0 heterocycles. The van der Waals surface area contributed by atoms with Crippen LogP contribution in [0.2, 0.25) is 0 Å². The van der Waals surface area contributed by atoms with Crippen molar-refractivity contribution in [3.8, 4) is 0 Å². The molecule has 0 saturated heterocycles. The van der Waals surface area contributed by atoms with Crippen LogP contribution in [0.25, 0.3) is 6.08 Å². The molecule has 2 aromatic carbocycles. The van der Waals surface area contributed by atoms with Crippen molar-refractivity contribution in [1.29, 1.82) is 0 Å². The summed E-state index contributed by atoms with van der Waals surface area (Å²) < 4.78 is 2.64. The molecule has 0 nitrogen and oxygen atoms in total. The standard InChI is InChI=1S/C14H11BrSe/c15-14(11-12-7-3-1-4-8-12)16-13-9-5-2-6-10-13/h1-11H/b14-11-. The van der Waals surface area contributed by atoms with Gasteiger partial charge in [0.25, 0.3) is 0 Å². The van der Waals surface area contributed by atoms with Gasteiger partial charge in [-0.2, -0.15) is 0 Å². The van der Waals surface area contributed by atoms with Gasteiger partial charge in [0, 0.05) is 0 Å². The Labute approximate surface area is 111 Å². The predicted molar refractivity (Wildman–Crippen MR) is 75.2 cm³/mol. The van der Waals surface area contributed by atoms with E-state index in [4.69, 9.17) is 0 Å². The van der Waals surface area contributed by atoms with E-state index >= 15 is 0 Å². The molecule has 0 aliphatic heterocycles. The zero-order valence-electron chi connectivity index (χ0n) is 8.64. The summed E-state index contributed by atoms with van der Waals surface area (Å²) in [6.07, 6.45) is 2.19. The summed E-state index contributed by atoms with van der Waals surface area (Å²) in [5.74, 6) is 0. The Balaban J connectivity index is 2.09. The number of hydrogen-bond donors (Lipinski definition) is 0. The molecule has 16 heavy (non-hydrogen) atoms. The maximum atomic E-state index is 3.64. The van der Waals surface area contributed by atoms with Crippen LogP contribution in [0.1, 0.15) is 5.56 Å². The Morgan fingerprint density at radius 1 is 0.875 bits per heavy atom. The van der Waals surface area contributed by atoms with E-state index in [0.717, 1.165) is 0 Å². The Morgan fingerprint density at radius 3 is 2.06 bits per heavy atom. The minimum absolute atomic E-state index is 0.358. The third kappa shape index (κ3) is 3.64. The first-order chi connectivity index (χ1) is 7.84. The van der Waals surface area contributed by atoms with Gasteiger partial charge in [-0.25, -0.2) is 0 Å². The maximum absolute atomic E-state index is 3.64. The predicted octanol–water partition coefficient (Wildman–Crippen LogP) is 3.41.